The maximum atomic E-state index is 6.20. The zero-order chi connectivity index (χ0) is 37.2. The molecule has 0 spiro atoms. The van der Waals surface area contributed by atoms with Crippen LogP contribution in [0.1, 0.15) is 0 Å². The molecule has 266 valence electrons. The van der Waals surface area contributed by atoms with Crippen LogP contribution in [0.4, 0.5) is 0 Å². The summed E-state index contributed by atoms with van der Waals surface area (Å²) < 4.78 is 15.3. The fraction of sp³-hybridized carbons (Fsp3) is 0. The summed E-state index contributed by atoms with van der Waals surface area (Å²) in [7, 11) is 0. The van der Waals surface area contributed by atoms with Gasteiger partial charge in [0, 0.05) is 16.5 Å². The molecule has 0 amide bonds. The van der Waals surface area contributed by atoms with Gasteiger partial charge in [0.05, 0.1) is 49.8 Å². The van der Waals surface area contributed by atoms with Crippen molar-refractivity contribution in [3.63, 3.8) is 0 Å². The van der Waals surface area contributed by atoms with Crippen molar-refractivity contribution in [3.8, 4) is 33.6 Å². The van der Waals surface area contributed by atoms with Gasteiger partial charge in [-0.2, -0.15) is 0 Å². The Morgan fingerprint density at radius 3 is 1.51 bits per heavy atom. The van der Waals surface area contributed by atoms with E-state index in [-0.39, 0.29) is 0 Å². The largest absolute Gasteiger partial charge is 0.456 e. The van der Waals surface area contributed by atoms with Crippen LogP contribution < -0.4 is 0 Å². The van der Waals surface area contributed by atoms with Crippen LogP contribution in [0.25, 0.3) is 111 Å². The Bertz CT molecular complexity index is 3750. The molecule has 8 aromatic carbocycles. The second-order valence-corrected chi connectivity index (χ2v) is 14.7. The summed E-state index contributed by atoms with van der Waals surface area (Å²) in [6.45, 7) is 0. The summed E-state index contributed by atoms with van der Waals surface area (Å²) in [5, 5.41) is 2.19. The van der Waals surface area contributed by atoms with Gasteiger partial charge in [0.15, 0.2) is 0 Å². The number of hydrogen-bond donors (Lipinski definition) is 0. The molecule has 7 nitrogen and oxygen atoms in total. The summed E-state index contributed by atoms with van der Waals surface area (Å²) in [4.78, 5) is 10.4. The number of rotatable bonds is 4. The second kappa shape index (κ2) is 11.3. The molecule has 0 aliphatic rings. The molecule has 0 unspecified atom stereocenters. The maximum absolute atomic E-state index is 6.20. The number of benzene rings is 8. The second-order valence-electron chi connectivity index (χ2n) is 14.7. The highest BCUT2D eigenvalue weighted by atomic mass is 16.3. The van der Waals surface area contributed by atoms with Crippen LogP contribution in [0.2, 0.25) is 0 Å². The van der Waals surface area contributed by atoms with Crippen molar-refractivity contribution in [3.05, 3.63) is 182 Å². The van der Waals surface area contributed by atoms with Crippen LogP contribution in [0.5, 0.6) is 0 Å². The first-order valence-electron chi connectivity index (χ1n) is 19.2. The molecule has 0 saturated carbocycles. The van der Waals surface area contributed by atoms with E-state index < -0.39 is 0 Å². The Morgan fingerprint density at radius 2 is 0.842 bits per heavy atom. The van der Waals surface area contributed by atoms with Gasteiger partial charge in [-0.1, -0.05) is 97.1 Å². The number of nitrogens with zero attached hydrogens (tertiary/aromatic N) is 6. The highest BCUT2D eigenvalue weighted by Gasteiger charge is 2.21. The van der Waals surface area contributed by atoms with Crippen molar-refractivity contribution >= 4 is 77.6 Å². The van der Waals surface area contributed by atoms with Crippen molar-refractivity contribution in [1.82, 2.24) is 27.9 Å². The number of para-hydroxylation sites is 5. The van der Waals surface area contributed by atoms with Crippen molar-refractivity contribution in [2.45, 2.75) is 0 Å². The lowest BCUT2D eigenvalue weighted by molar-refractivity contribution is 0.669. The van der Waals surface area contributed by atoms with E-state index in [1.165, 1.54) is 11.1 Å². The Labute approximate surface area is 324 Å². The van der Waals surface area contributed by atoms with Crippen molar-refractivity contribution < 1.29 is 4.42 Å². The first-order valence-corrected chi connectivity index (χ1v) is 19.2. The summed E-state index contributed by atoms with van der Waals surface area (Å²) in [5.41, 5.74) is 16.9. The Kier molecular flexibility index (Phi) is 6.04. The van der Waals surface area contributed by atoms with Crippen LogP contribution in [0.3, 0.4) is 0 Å². The monoisotopic (exact) mass is 730 g/mol. The van der Waals surface area contributed by atoms with Gasteiger partial charge in [-0.15, -0.1) is 0 Å². The van der Waals surface area contributed by atoms with E-state index in [0.29, 0.717) is 0 Å². The number of furan rings is 1. The van der Waals surface area contributed by atoms with Crippen LogP contribution in [0.15, 0.2) is 186 Å². The number of fused-ring (bicyclic) bond motifs is 13. The van der Waals surface area contributed by atoms with Gasteiger partial charge in [0.25, 0.3) is 0 Å². The highest BCUT2D eigenvalue weighted by molar-refractivity contribution is 6.06. The van der Waals surface area contributed by atoms with E-state index in [1.807, 2.05) is 12.1 Å². The summed E-state index contributed by atoms with van der Waals surface area (Å²) in [5.74, 6) is 1.75. The highest BCUT2D eigenvalue weighted by Crippen LogP contribution is 2.37. The molecule has 0 saturated heterocycles. The molecule has 57 heavy (non-hydrogen) atoms. The molecule has 0 N–H and O–H groups in total. The molecule has 0 atom stereocenters. The van der Waals surface area contributed by atoms with Crippen LogP contribution >= 0.6 is 0 Å². The third-order valence-corrected chi connectivity index (χ3v) is 11.6. The van der Waals surface area contributed by atoms with Gasteiger partial charge in [0.2, 0.25) is 11.6 Å². The predicted octanol–water partition coefficient (Wildman–Crippen LogP) is 12.4. The fourth-order valence-corrected chi connectivity index (χ4v) is 8.96. The van der Waals surface area contributed by atoms with E-state index in [2.05, 4.69) is 188 Å². The number of imidazole rings is 4. The molecule has 5 heterocycles. The minimum Gasteiger partial charge on any atom is -0.456 e. The van der Waals surface area contributed by atoms with Gasteiger partial charge >= 0.3 is 0 Å². The predicted molar refractivity (Wildman–Crippen MR) is 231 cm³/mol. The number of hydrogen-bond acceptors (Lipinski definition) is 3. The first-order chi connectivity index (χ1) is 28.2. The third-order valence-electron chi connectivity index (χ3n) is 11.6. The van der Waals surface area contributed by atoms with Crippen LogP contribution in [-0.4, -0.2) is 27.9 Å². The topological polar surface area (TPSA) is 57.6 Å². The normalized spacial score (nSPS) is 12.2. The smallest absolute Gasteiger partial charge is 0.220 e. The SMILES string of the molecule is c1ccc(-c2ccc(-n3c4ccc(-c5ccc6c(c5)n5c7ccccc7nc5n6-c5ccc6oc7ccccc7c6c5)cc4n4c5ccccc5nc34)cc2)cc1. The molecule has 13 aromatic rings. The molecular formula is C50H30N6O. The van der Waals surface area contributed by atoms with Crippen molar-refractivity contribution in [2.24, 2.45) is 0 Å². The van der Waals surface area contributed by atoms with E-state index in [9.17, 15) is 0 Å². The molecule has 7 heteroatoms. The summed E-state index contributed by atoms with van der Waals surface area (Å²) in [6, 6.07) is 64.3. The van der Waals surface area contributed by atoms with Gasteiger partial charge in [0.1, 0.15) is 11.2 Å². The van der Waals surface area contributed by atoms with Crippen molar-refractivity contribution in [1.29, 1.82) is 0 Å². The van der Waals surface area contributed by atoms with Gasteiger partial charge in [-0.3, -0.25) is 17.9 Å². The Balaban J connectivity index is 1.02. The van der Waals surface area contributed by atoms with Crippen molar-refractivity contribution in [2.75, 3.05) is 0 Å². The average Bonchev–Trinajstić information content (AvgIpc) is 4.07. The lowest BCUT2D eigenvalue weighted by atomic mass is 10.0. The lowest BCUT2D eigenvalue weighted by Gasteiger charge is -2.09. The van der Waals surface area contributed by atoms with E-state index in [1.54, 1.807) is 0 Å². The quantitative estimate of drug-likeness (QED) is 0.181. The zero-order valence-electron chi connectivity index (χ0n) is 30.4. The van der Waals surface area contributed by atoms with E-state index in [4.69, 9.17) is 14.4 Å². The molecule has 0 fully saturated rings. The Morgan fingerprint density at radius 1 is 0.333 bits per heavy atom. The number of aromatic nitrogens is 6. The molecule has 5 aromatic heterocycles. The standard InChI is InChI=1S/C50H30N6O/c1-2-10-31(11-3-1)32-18-22-35(23-19-32)53-43-25-20-33(28-45(43)55-41-15-7-5-13-39(41)51-49(53)55)34-21-26-44-46(29-34)56-42-16-8-6-14-40(42)52-50(56)54(44)36-24-27-48-38(30-36)37-12-4-9-17-47(37)57-48/h1-30H. The Hall–Kier alpha value is -7.90. The molecular weight excluding hydrogens is 701 g/mol. The lowest BCUT2D eigenvalue weighted by Crippen LogP contribution is -1.95. The first kappa shape index (κ1) is 30.4. The summed E-state index contributed by atoms with van der Waals surface area (Å²) >= 11 is 0. The van der Waals surface area contributed by atoms with E-state index in [0.717, 1.165) is 100 Å². The average molecular weight is 731 g/mol. The zero-order valence-corrected chi connectivity index (χ0v) is 30.4. The summed E-state index contributed by atoms with van der Waals surface area (Å²) in [6.07, 6.45) is 0. The molecule has 13 rings (SSSR count). The minimum atomic E-state index is 0.868. The molecule has 0 radical (unpaired) electrons. The van der Waals surface area contributed by atoms with Gasteiger partial charge in [-0.25, -0.2) is 9.97 Å². The third kappa shape index (κ3) is 4.30. The molecule has 0 aliphatic heterocycles. The molecule has 0 aliphatic carbocycles. The molecule has 0 bridgehead atoms. The van der Waals surface area contributed by atoms with Crippen LogP contribution in [-0.2, 0) is 0 Å². The maximum Gasteiger partial charge on any atom is 0.220 e. The minimum absolute atomic E-state index is 0.868. The van der Waals surface area contributed by atoms with E-state index >= 15 is 0 Å². The van der Waals surface area contributed by atoms with Gasteiger partial charge < -0.3 is 4.42 Å². The fourth-order valence-electron chi connectivity index (χ4n) is 8.96. The van der Waals surface area contributed by atoms with Crippen LogP contribution in [0, 0.1) is 0 Å². The van der Waals surface area contributed by atoms with Gasteiger partial charge in [-0.05, 0) is 107 Å².